The van der Waals surface area contributed by atoms with Gasteiger partial charge in [-0.15, -0.1) is 21.5 Å². The van der Waals surface area contributed by atoms with Crippen molar-refractivity contribution in [2.45, 2.75) is 16.1 Å². The molecule has 0 radical (unpaired) electrons. The second-order valence-electron chi connectivity index (χ2n) is 7.70. The van der Waals surface area contributed by atoms with Crippen molar-refractivity contribution >= 4 is 51.3 Å². The van der Waals surface area contributed by atoms with E-state index in [1.54, 1.807) is 23.6 Å². The van der Waals surface area contributed by atoms with Crippen molar-refractivity contribution in [2.75, 3.05) is 12.0 Å². The van der Waals surface area contributed by atoms with Crippen LogP contribution in [-0.2, 0) is 10.5 Å². The molecule has 182 valence electrons. The third-order valence-electron chi connectivity index (χ3n) is 5.52. The maximum absolute atomic E-state index is 13.4. The Kier molecular flexibility index (Phi) is 6.77. The highest BCUT2D eigenvalue weighted by atomic mass is 32.2. The monoisotopic (exact) mass is 537 g/mol. The lowest BCUT2D eigenvalue weighted by Gasteiger charge is -2.24. The summed E-state index contributed by atoms with van der Waals surface area (Å²) in [6.07, 6.45) is 0. The first kappa shape index (κ1) is 24.0. The Labute approximate surface area is 218 Å². The number of hydrogen-bond donors (Lipinski definition) is 2. The molecule has 1 atom stereocenters. The molecular formula is C25H19N3O5S3. The highest BCUT2D eigenvalue weighted by Gasteiger charge is 2.46. The van der Waals surface area contributed by atoms with Crippen LogP contribution in [0.4, 0.5) is 5.13 Å². The fraction of sp³-hybridized carbons (Fsp3) is 0.120. The van der Waals surface area contributed by atoms with Crippen LogP contribution in [0.15, 0.2) is 81.7 Å². The molecule has 0 fully saturated rings. The third kappa shape index (κ3) is 4.48. The van der Waals surface area contributed by atoms with Gasteiger partial charge in [-0.3, -0.25) is 14.5 Å². The molecule has 1 amide bonds. The maximum Gasteiger partial charge on any atom is 0.296 e. The number of nitrogens with zero attached hydrogens (tertiary/aromatic N) is 3. The number of aliphatic hydroxyl groups is 1. The van der Waals surface area contributed by atoms with Crippen LogP contribution in [0.1, 0.15) is 26.8 Å². The van der Waals surface area contributed by atoms with Crippen molar-refractivity contribution in [3.63, 3.8) is 0 Å². The maximum atomic E-state index is 13.4. The Morgan fingerprint density at radius 1 is 1.11 bits per heavy atom. The van der Waals surface area contributed by atoms with Crippen LogP contribution in [0.5, 0.6) is 11.5 Å². The molecule has 2 N–H and O–H groups in total. The molecule has 2 aromatic carbocycles. The van der Waals surface area contributed by atoms with E-state index in [-0.39, 0.29) is 22.2 Å². The number of ether oxygens (including phenoxy) is 1. The molecule has 5 rings (SSSR count). The molecule has 8 nitrogen and oxygen atoms in total. The molecule has 1 aliphatic heterocycles. The molecular weight excluding hydrogens is 518 g/mol. The number of phenols is 1. The lowest BCUT2D eigenvalue weighted by Crippen LogP contribution is -2.31. The summed E-state index contributed by atoms with van der Waals surface area (Å²) in [6, 6.07) is 16.8. The minimum atomic E-state index is -0.985. The van der Waals surface area contributed by atoms with Gasteiger partial charge in [-0.25, -0.2) is 0 Å². The van der Waals surface area contributed by atoms with Gasteiger partial charge in [-0.05, 0) is 34.7 Å². The summed E-state index contributed by atoms with van der Waals surface area (Å²) in [5, 5.41) is 31.4. The average molecular weight is 538 g/mol. The second-order valence-corrected chi connectivity index (χ2v) is 10.8. The number of carbonyl (C=O) groups excluding carboxylic acids is 2. The SMILES string of the molecule is COc1cc(C2C(C(=O)c3cccs3)=C(O)C(=O)N2c2nnc(SCc3ccccc3)s2)ccc1O. The molecule has 1 aliphatic rings. The zero-order chi connectivity index (χ0) is 25.2. The molecule has 0 saturated carbocycles. The van der Waals surface area contributed by atoms with E-state index in [1.165, 1.54) is 58.6 Å². The minimum absolute atomic E-state index is 0.0659. The van der Waals surface area contributed by atoms with Gasteiger partial charge < -0.3 is 14.9 Å². The Morgan fingerprint density at radius 2 is 1.92 bits per heavy atom. The number of aliphatic hydroxyl groups excluding tert-OH is 1. The first-order chi connectivity index (χ1) is 17.5. The standard InChI is InChI=1S/C25H19N3O5S3/c1-33-17-12-15(9-10-16(17)29)20-19(21(30)18-8-5-11-34-18)22(31)23(32)28(20)24-26-27-25(36-24)35-13-14-6-3-2-4-7-14/h2-12,20,29,31H,13H2,1H3. The zero-order valence-corrected chi connectivity index (χ0v) is 21.3. The molecule has 11 heteroatoms. The van der Waals surface area contributed by atoms with E-state index in [9.17, 15) is 19.8 Å². The van der Waals surface area contributed by atoms with E-state index in [0.717, 1.165) is 5.56 Å². The summed E-state index contributed by atoms with van der Waals surface area (Å²) >= 11 is 3.89. The number of rotatable bonds is 8. The van der Waals surface area contributed by atoms with Gasteiger partial charge in [0.25, 0.3) is 5.91 Å². The highest BCUT2D eigenvalue weighted by Crippen LogP contribution is 2.45. The Morgan fingerprint density at radius 3 is 2.64 bits per heavy atom. The number of thioether (sulfide) groups is 1. The average Bonchev–Trinajstić information content (AvgIpc) is 3.64. The van der Waals surface area contributed by atoms with Crippen molar-refractivity contribution in [2.24, 2.45) is 0 Å². The number of methoxy groups -OCH3 is 1. The van der Waals surface area contributed by atoms with Crippen LogP contribution in [0.25, 0.3) is 0 Å². The predicted octanol–water partition coefficient (Wildman–Crippen LogP) is 5.39. The van der Waals surface area contributed by atoms with Gasteiger partial charge in [0.15, 0.2) is 21.6 Å². The molecule has 3 heterocycles. The van der Waals surface area contributed by atoms with Crippen molar-refractivity contribution in [3.8, 4) is 11.5 Å². The largest absolute Gasteiger partial charge is 0.504 e. The molecule has 1 unspecified atom stereocenters. The van der Waals surface area contributed by atoms with Crippen LogP contribution in [0.2, 0.25) is 0 Å². The molecule has 2 aromatic heterocycles. The molecule has 36 heavy (non-hydrogen) atoms. The quantitative estimate of drug-likeness (QED) is 0.175. The van der Waals surface area contributed by atoms with Gasteiger partial charge >= 0.3 is 0 Å². The number of anilines is 1. The van der Waals surface area contributed by atoms with E-state index in [1.807, 2.05) is 30.3 Å². The van der Waals surface area contributed by atoms with E-state index in [0.29, 0.717) is 20.5 Å². The van der Waals surface area contributed by atoms with Gasteiger partial charge in [-0.2, -0.15) is 0 Å². The van der Waals surface area contributed by atoms with E-state index in [4.69, 9.17) is 4.74 Å². The number of amides is 1. The van der Waals surface area contributed by atoms with Gasteiger partial charge in [0.2, 0.25) is 10.9 Å². The number of phenolic OH excluding ortho intramolecular Hbond substituents is 1. The summed E-state index contributed by atoms with van der Waals surface area (Å²) in [5.74, 6) is -1.09. The van der Waals surface area contributed by atoms with Gasteiger partial charge in [0.05, 0.1) is 23.6 Å². The van der Waals surface area contributed by atoms with Crippen molar-refractivity contribution < 1.29 is 24.5 Å². The summed E-state index contributed by atoms with van der Waals surface area (Å²) in [6.45, 7) is 0. The summed E-state index contributed by atoms with van der Waals surface area (Å²) in [5.41, 5.74) is 1.52. The first-order valence-electron chi connectivity index (χ1n) is 10.7. The summed E-state index contributed by atoms with van der Waals surface area (Å²) in [4.78, 5) is 28.4. The molecule has 0 aliphatic carbocycles. The topological polar surface area (TPSA) is 113 Å². The fourth-order valence-electron chi connectivity index (χ4n) is 3.83. The Bertz CT molecular complexity index is 1450. The fourth-order valence-corrected chi connectivity index (χ4v) is 6.33. The third-order valence-corrected chi connectivity index (χ3v) is 8.52. The first-order valence-corrected chi connectivity index (χ1v) is 13.4. The number of aromatic nitrogens is 2. The van der Waals surface area contributed by atoms with Crippen LogP contribution in [-0.4, -0.2) is 39.2 Å². The highest BCUT2D eigenvalue weighted by molar-refractivity contribution is 8.00. The summed E-state index contributed by atoms with van der Waals surface area (Å²) in [7, 11) is 1.41. The van der Waals surface area contributed by atoms with Crippen LogP contribution < -0.4 is 9.64 Å². The smallest absolute Gasteiger partial charge is 0.296 e. The van der Waals surface area contributed by atoms with Crippen LogP contribution in [0, 0.1) is 0 Å². The Hall–Kier alpha value is -3.67. The van der Waals surface area contributed by atoms with Crippen molar-refractivity contribution in [1.82, 2.24) is 10.2 Å². The van der Waals surface area contributed by atoms with Gasteiger partial charge in [-0.1, -0.05) is 65.6 Å². The Balaban J connectivity index is 1.53. The predicted molar refractivity (Wildman–Crippen MR) is 139 cm³/mol. The van der Waals surface area contributed by atoms with Crippen LogP contribution in [0.3, 0.4) is 0 Å². The van der Waals surface area contributed by atoms with Gasteiger partial charge in [0, 0.05) is 5.75 Å². The normalized spacial score (nSPS) is 15.5. The lowest BCUT2D eigenvalue weighted by molar-refractivity contribution is -0.117. The van der Waals surface area contributed by atoms with Gasteiger partial charge in [0.1, 0.15) is 0 Å². The number of Topliss-reactive ketones (excluding diaryl/α,β-unsaturated/α-hetero) is 1. The van der Waals surface area contributed by atoms with Crippen molar-refractivity contribution in [3.05, 3.63) is 93.4 Å². The van der Waals surface area contributed by atoms with E-state index < -0.39 is 23.5 Å². The van der Waals surface area contributed by atoms with Crippen molar-refractivity contribution in [1.29, 1.82) is 0 Å². The van der Waals surface area contributed by atoms with E-state index >= 15 is 0 Å². The molecule has 4 aromatic rings. The molecule has 0 bridgehead atoms. The lowest BCUT2D eigenvalue weighted by atomic mass is 9.95. The zero-order valence-electron chi connectivity index (χ0n) is 18.8. The van der Waals surface area contributed by atoms with E-state index in [2.05, 4.69) is 10.2 Å². The van der Waals surface area contributed by atoms with Crippen LogP contribution >= 0.6 is 34.4 Å². The minimum Gasteiger partial charge on any atom is -0.504 e. The molecule has 0 saturated heterocycles. The summed E-state index contributed by atoms with van der Waals surface area (Å²) < 4.78 is 5.88. The molecule has 0 spiro atoms. The number of aromatic hydroxyl groups is 1. The number of thiophene rings is 1. The number of benzene rings is 2. The number of hydrogen-bond acceptors (Lipinski definition) is 10. The second kappa shape index (κ2) is 10.1. The number of carbonyl (C=O) groups is 2. The number of ketones is 1.